The fourth-order valence-corrected chi connectivity index (χ4v) is 4.59. The van der Waals surface area contributed by atoms with Crippen LogP contribution in [0.2, 0.25) is 0 Å². The molecular weight excluding hydrogens is 250 g/mol. The van der Waals surface area contributed by atoms with E-state index in [1.165, 1.54) is 6.26 Å². The van der Waals surface area contributed by atoms with Gasteiger partial charge in [-0.15, -0.1) is 0 Å². The van der Waals surface area contributed by atoms with E-state index in [9.17, 15) is 8.42 Å². The predicted molar refractivity (Wildman–Crippen MR) is 71.3 cm³/mol. The fraction of sp³-hybridized carbons (Fsp3) is 0.538. The molecule has 0 amide bonds. The molecule has 100 valence electrons. The zero-order chi connectivity index (χ0) is 13.6. The molecule has 0 bridgehead atoms. The van der Waals surface area contributed by atoms with Gasteiger partial charge in [-0.1, -0.05) is 29.8 Å². The van der Waals surface area contributed by atoms with Crippen molar-refractivity contribution in [3.63, 3.8) is 0 Å². The maximum atomic E-state index is 11.8. The van der Waals surface area contributed by atoms with Crippen LogP contribution in [0.25, 0.3) is 0 Å². The van der Waals surface area contributed by atoms with Gasteiger partial charge in [0.15, 0.2) is 9.84 Å². The van der Waals surface area contributed by atoms with Crippen LogP contribution in [0.1, 0.15) is 17.0 Å². The van der Waals surface area contributed by atoms with Gasteiger partial charge in [0.1, 0.15) is 0 Å². The van der Waals surface area contributed by atoms with E-state index in [4.69, 9.17) is 10.5 Å². The van der Waals surface area contributed by atoms with Crippen LogP contribution in [0.15, 0.2) is 24.3 Å². The summed E-state index contributed by atoms with van der Waals surface area (Å²) in [6.07, 6.45) is 1.24. The summed E-state index contributed by atoms with van der Waals surface area (Å²) in [5.41, 5.74) is 7.51. The van der Waals surface area contributed by atoms with Gasteiger partial charge in [-0.2, -0.15) is 0 Å². The number of rotatable bonds is 4. The summed E-state index contributed by atoms with van der Waals surface area (Å²) < 4.78 is 28.7. The van der Waals surface area contributed by atoms with Gasteiger partial charge < -0.3 is 10.5 Å². The van der Waals surface area contributed by atoms with E-state index in [0.29, 0.717) is 0 Å². The van der Waals surface area contributed by atoms with Crippen LogP contribution in [-0.2, 0) is 14.6 Å². The minimum atomic E-state index is -3.17. The van der Waals surface area contributed by atoms with E-state index >= 15 is 0 Å². The number of sulfone groups is 1. The molecule has 0 heterocycles. The molecule has 1 aliphatic carbocycles. The highest BCUT2D eigenvalue weighted by Crippen LogP contribution is 2.53. The quantitative estimate of drug-likeness (QED) is 0.879. The molecule has 18 heavy (non-hydrogen) atoms. The number of methoxy groups -OCH3 is 1. The van der Waals surface area contributed by atoms with Gasteiger partial charge in [0.2, 0.25) is 0 Å². The van der Waals surface area contributed by atoms with Crippen LogP contribution >= 0.6 is 0 Å². The summed E-state index contributed by atoms with van der Waals surface area (Å²) in [6.45, 7) is 2.25. The second-order valence-corrected chi connectivity index (χ2v) is 7.35. The maximum Gasteiger partial charge on any atom is 0.152 e. The van der Waals surface area contributed by atoms with Crippen molar-refractivity contribution in [2.75, 3.05) is 20.0 Å². The lowest BCUT2D eigenvalue weighted by Crippen LogP contribution is -2.35. The standard InChI is InChI=1S/C13H19NO3S/c1-9-4-6-10(7-5-9)11-12(18(3,15)16)13(11,14)8-17-2/h4-7,11-12H,8,14H2,1-3H3/t11-,12+,13-/m1/s1. The van der Waals surface area contributed by atoms with E-state index < -0.39 is 20.6 Å². The van der Waals surface area contributed by atoms with Gasteiger partial charge in [0.25, 0.3) is 0 Å². The van der Waals surface area contributed by atoms with Crippen LogP contribution < -0.4 is 5.73 Å². The monoisotopic (exact) mass is 269 g/mol. The number of aryl methyl sites for hydroxylation is 1. The van der Waals surface area contributed by atoms with Gasteiger partial charge in [-0.05, 0) is 12.5 Å². The van der Waals surface area contributed by atoms with E-state index in [0.717, 1.165) is 11.1 Å². The van der Waals surface area contributed by atoms with Gasteiger partial charge in [0.05, 0.1) is 17.4 Å². The Labute approximate surface area is 108 Å². The summed E-state index contributed by atoms with van der Waals surface area (Å²) in [7, 11) is -1.63. The minimum Gasteiger partial charge on any atom is -0.383 e. The Kier molecular flexibility index (Phi) is 3.25. The molecule has 5 heteroatoms. The normalized spacial score (nSPS) is 31.3. The van der Waals surface area contributed by atoms with Crippen LogP contribution in [0.5, 0.6) is 0 Å². The third kappa shape index (κ3) is 2.18. The summed E-state index contributed by atoms with van der Waals surface area (Å²) >= 11 is 0. The van der Waals surface area contributed by atoms with Crippen molar-refractivity contribution in [1.29, 1.82) is 0 Å². The molecule has 2 rings (SSSR count). The lowest BCUT2D eigenvalue weighted by Gasteiger charge is -2.10. The first kappa shape index (κ1) is 13.5. The number of nitrogens with two attached hydrogens (primary N) is 1. The highest BCUT2D eigenvalue weighted by atomic mass is 32.2. The second-order valence-electron chi connectivity index (χ2n) is 5.18. The van der Waals surface area contributed by atoms with E-state index in [1.807, 2.05) is 31.2 Å². The molecule has 1 saturated carbocycles. The first-order valence-electron chi connectivity index (χ1n) is 5.84. The average Bonchev–Trinajstić information content (AvgIpc) is 2.86. The van der Waals surface area contributed by atoms with E-state index in [-0.39, 0.29) is 12.5 Å². The topological polar surface area (TPSA) is 69.4 Å². The van der Waals surface area contributed by atoms with Crippen LogP contribution in [0.4, 0.5) is 0 Å². The average molecular weight is 269 g/mol. The molecule has 1 aromatic carbocycles. The number of benzene rings is 1. The third-order valence-electron chi connectivity index (χ3n) is 3.59. The summed E-state index contributed by atoms with van der Waals surface area (Å²) in [6, 6.07) is 7.84. The van der Waals surface area contributed by atoms with Crippen molar-refractivity contribution in [3.05, 3.63) is 35.4 Å². The highest BCUT2D eigenvalue weighted by molar-refractivity contribution is 7.91. The molecule has 2 N–H and O–H groups in total. The van der Waals surface area contributed by atoms with Gasteiger partial charge in [-0.25, -0.2) is 8.42 Å². The Morgan fingerprint density at radius 1 is 1.33 bits per heavy atom. The molecule has 1 aliphatic rings. The van der Waals surface area contributed by atoms with E-state index in [2.05, 4.69) is 0 Å². The molecule has 1 aromatic rings. The molecule has 4 nitrogen and oxygen atoms in total. The lowest BCUT2D eigenvalue weighted by molar-refractivity contribution is 0.171. The molecule has 0 aliphatic heterocycles. The van der Waals surface area contributed by atoms with Crippen LogP contribution in [0, 0.1) is 6.92 Å². The van der Waals surface area contributed by atoms with Crippen molar-refractivity contribution in [2.24, 2.45) is 5.73 Å². The van der Waals surface area contributed by atoms with Crippen LogP contribution in [-0.4, -0.2) is 39.2 Å². The molecule has 0 saturated heterocycles. The summed E-state index contributed by atoms with van der Waals surface area (Å²) in [5, 5.41) is -0.548. The molecule has 3 atom stereocenters. The Balaban J connectivity index is 2.35. The Hall–Kier alpha value is -0.910. The number of hydrogen-bond donors (Lipinski definition) is 1. The predicted octanol–water partition coefficient (Wildman–Crippen LogP) is 0.849. The van der Waals surface area contributed by atoms with E-state index in [1.54, 1.807) is 7.11 Å². The molecule has 0 radical (unpaired) electrons. The molecule has 1 fully saturated rings. The van der Waals surface area contributed by atoms with Crippen LogP contribution in [0.3, 0.4) is 0 Å². The number of ether oxygens (including phenoxy) is 1. The SMILES string of the molecule is COC[C@@]1(N)[C@H](c2ccc(C)cc2)[C@@H]1S(C)(=O)=O. The fourth-order valence-electron chi connectivity index (χ4n) is 2.75. The molecule has 0 spiro atoms. The molecule has 0 unspecified atom stereocenters. The van der Waals surface area contributed by atoms with Crippen molar-refractivity contribution in [1.82, 2.24) is 0 Å². The summed E-state index contributed by atoms with van der Waals surface area (Å²) in [5.74, 6) is -0.173. The van der Waals surface area contributed by atoms with Gasteiger partial charge in [-0.3, -0.25) is 0 Å². The largest absolute Gasteiger partial charge is 0.383 e. The highest BCUT2D eigenvalue weighted by Gasteiger charge is 2.67. The first-order chi connectivity index (χ1) is 8.30. The molecular formula is C13H19NO3S. The smallest absolute Gasteiger partial charge is 0.152 e. The first-order valence-corrected chi connectivity index (χ1v) is 7.79. The zero-order valence-corrected chi connectivity index (χ0v) is 11.7. The number of hydrogen-bond acceptors (Lipinski definition) is 4. The zero-order valence-electron chi connectivity index (χ0n) is 10.9. The van der Waals surface area contributed by atoms with Gasteiger partial charge >= 0.3 is 0 Å². The van der Waals surface area contributed by atoms with Crippen molar-refractivity contribution in [2.45, 2.75) is 23.6 Å². The van der Waals surface area contributed by atoms with Crippen molar-refractivity contribution < 1.29 is 13.2 Å². The van der Waals surface area contributed by atoms with Crippen molar-refractivity contribution in [3.8, 4) is 0 Å². The summed E-state index contributed by atoms with van der Waals surface area (Å²) in [4.78, 5) is 0. The van der Waals surface area contributed by atoms with Crippen molar-refractivity contribution >= 4 is 9.84 Å². The minimum absolute atomic E-state index is 0.173. The lowest BCUT2D eigenvalue weighted by atomic mass is 10.1. The third-order valence-corrected chi connectivity index (χ3v) is 5.23. The molecule has 0 aromatic heterocycles. The second kappa shape index (κ2) is 4.33. The Morgan fingerprint density at radius 3 is 2.33 bits per heavy atom. The van der Waals surface area contributed by atoms with Gasteiger partial charge in [0, 0.05) is 19.3 Å². The Bertz CT molecular complexity index is 538. The Morgan fingerprint density at radius 2 is 1.89 bits per heavy atom. The maximum absolute atomic E-state index is 11.8.